The molecular formula is C19H16ClN3O3. The van der Waals surface area contributed by atoms with Crippen LogP contribution < -0.4 is 10.6 Å². The van der Waals surface area contributed by atoms with Crippen molar-refractivity contribution in [2.24, 2.45) is 0 Å². The number of halogens is 1. The molecule has 0 bridgehead atoms. The van der Waals surface area contributed by atoms with Crippen LogP contribution >= 0.6 is 11.6 Å². The molecule has 0 heterocycles. The fourth-order valence-electron chi connectivity index (χ4n) is 2.02. The first-order valence-electron chi connectivity index (χ1n) is 7.75. The predicted molar refractivity (Wildman–Crippen MR) is 99.8 cm³/mol. The largest absolute Gasteiger partial charge is 0.462 e. The third-order valence-electron chi connectivity index (χ3n) is 3.26. The van der Waals surface area contributed by atoms with E-state index in [1.165, 1.54) is 12.3 Å². The van der Waals surface area contributed by atoms with Crippen LogP contribution in [-0.2, 0) is 9.53 Å². The van der Waals surface area contributed by atoms with Crippen LogP contribution in [0.25, 0.3) is 0 Å². The van der Waals surface area contributed by atoms with Gasteiger partial charge >= 0.3 is 5.97 Å². The third-order valence-corrected chi connectivity index (χ3v) is 3.52. The maximum Gasteiger partial charge on any atom is 0.340 e. The van der Waals surface area contributed by atoms with Crippen molar-refractivity contribution in [3.05, 3.63) is 70.9 Å². The number of hydrogen-bond donors (Lipinski definition) is 2. The van der Waals surface area contributed by atoms with Gasteiger partial charge < -0.3 is 15.4 Å². The highest BCUT2D eigenvalue weighted by Crippen LogP contribution is 2.18. The van der Waals surface area contributed by atoms with Crippen LogP contribution in [-0.4, -0.2) is 18.5 Å². The predicted octanol–water partition coefficient (Wildman–Crippen LogP) is 3.97. The van der Waals surface area contributed by atoms with Crippen molar-refractivity contribution in [3.8, 4) is 6.07 Å². The van der Waals surface area contributed by atoms with Crippen LogP contribution in [0.1, 0.15) is 17.3 Å². The summed E-state index contributed by atoms with van der Waals surface area (Å²) in [5.41, 5.74) is 0.995. The fraction of sp³-hybridized carbons (Fsp3) is 0.105. The summed E-state index contributed by atoms with van der Waals surface area (Å²) in [4.78, 5) is 24.3. The molecule has 2 N–H and O–H groups in total. The molecule has 132 valence electrons. The summed E-state index contributed by atoms with van der Waals surface area (Å²) < 4.78 is 4.96. The minimum absolute atomic E-state index is 0.154. The average molecular weight is 370 g/mol. The number of nitriles is 1. The van der Waals surface area contributed by atoms with Crippen LogP contribution in [0.5, 0.6) is 0 Å². The number of nitrogens with one attached hydrogen (secondary N) is 2. The van der Waals surface area contributed by atoms with Crippen molar-refractivity contribution >= 4 is 34.9 Å². The molecule has 0 atom stereocenters. The van der Waals surface area contributed by atoms with Gasteiger partial charge in [0.1, 0.15) is 11.6 Å². The SMILES string of the molecule is CCOC(=O)c1ccccc1NC(=O)/C(C#N)=C\Nc1ccc(Cl)cc1. The van der Waals surface area contributed by atoms with Crippen molar-refractivity contribution in [2.75, 3.05) is 17.2 Å². The number of amides is 1. The number of esters is 1. The second kappa shape index (κ2) is 9.25. The molecule has 0 spiro atoms. The van der Waals surface area contributed by atoms with Crippen LogP contribution in [0.2, 0.25) is 5.02 Å². The molecule has 2 aromatic rings. The lowest BCUT2D eigenvalue weighted by atomic mass is 10.1. The summed E-state index contributed by atoms with van der Waals surface area (Å²) in [5, 5.41) is 15.2. The first kappa shape index (κ1) is 19.0. The van der Waals surface area contributed by atoms with Gasteiger partial charge in [-0.05, 0) is 43.3 Å². The molecule has 0 unspecified atom stereocenters. The van der Waals surface area contributed by atoms with Crippen molar-refractivity contribution in [3.63, 3.8) is 0 Å². The lowest BCUT2D eigenvalue weighted by Crippen LogP contribution is -2.17. The number of ether oxygens (including phenoxy) is 1. The van der Waals surface area contributed by atoms with E-state index in [1.807, 2.05) is 6.07 Å². The van der Waals surface area contributed by atoms with Gasteiger partial charge in [0.2, 0.25) is 0 Å². The maximum atomic E-state index is 12.3. The Morgan fingerprint density at radius 3 is 2.54 bits per heavy atom. The monoisotopic (exact) mass is 369 g/mol. The molecule has 0 radical (unpaired) electrons. The Hall–Kier alpha value is -3.30. The molecule has 0 saturated heterocycles. The minimum atomic E-state index is -0.647. The summed E-state index contributed by atoms with van der Waals surface area (Å²) in [7, 11) is 0. The van der Waals surface area contributed by atoms with E-state index in [9.17, 15) is 14.9 Å². The second-order valence-electron chi connectivity index (χ2n) is 5.04. The number of nitrogens with zero attached hydrogens (tertiary/aromatic N) is 1. The molecule has 2 rings (SSSR count). The number of para-hydroxylation sites is 1. The van der Waals surface area contributed by atoms with Gasteiger partial charge in [-0.15, -0.1) is 0 Å². The number of carbonyl (C=O) groups excluding carboxylic acids is 2. The van der Waals surface area contributed by atoms with E-state index in [0.717, 1.165) is 0 Å². The van der Waals surface area contributed by atoms with Gasteiger partial charge in [0, 0.05) is 16.9 Å². The van der Waals surface area contributed by atoms with Crippen molar-refractivity contribution in [1.29, 1.82) is 5.26 Å². The Balaban J connectivity index is 2.15. The van der Waals surface area contributed by atoms with E-state index in [0.29, 0.717) is 10.7 Å². The number of anilines is 2. The Bertz CT molecular complexity index is 870. The van der Waals surface area contributed by atoms with Gasteiger partial charge in [0.15, 0.2) is 0 Å². The van der Waals surface area contributed by atoms with Crippen molar-refractivity contribution in [2.45, 2.75) is 6.92 Å². The Morgan fingerprint density at radius 1 is 1.19 bits per heavy atom. The van der Waals surface area contributed by atoms with Gasteiger partial charge in [-0.2, -0.15) is 5.26 Å². The van der Waals surface area contributed by atoms with E-state index in [2.05, 4.69) is 10.6 Å². The van der Waals surface area contributed by atoms with E-state index in [-0.39, 0.29) is 23.4 Å². The lowest BCUT2D eigenvalue weighted by Gasteiger charge is -2.10. The number of rotatable bonds is 6. The first-order valence-corrected chi connectivity index (χ1v) is 8.12. The molecule has 0 fully saturated rings. The van der Waals surface area contributed by atoms with Crippen LogP contribution in [0, 0.1) is 11.3 Å². The highest BCUT2D eigenvalue weighted by atomic mass is 35.5. The van der Waals surface area contributed by atoms with E-state index in [4.69, 9.17) is 16.3 Å². The Morgan fingerprint density at radius 2 is 1.88 bits per heavy atom. The minimum Gasteiger partial charge on any atom is -0.462 e. The van der Waals surface area contributed by atoms with Crippen molar-refractivity contribution in [1.82, 2.24) is 0 Å². The standard InChI is InChI=1S/C19H16ClN3O3/c1-2-26-19(25)16-5-3-4-6-17(16)23-18(24)13(11-21)12-22-15-9-7-14(20)8-10-15/h3-10,12,22H,2H2,1H3,(H,23,24)/b13-12-. The van der Waals surface area contributed by atoms with Gasteiger partial charge in [0.05, 0.1) is 17.9 Å². The van der Waals surface area contributed by atoms with Gasteiger partial charge in [-0.3, -0.25) is 4.79 Å². The number of carbonyl (C=O) groups is 2. The third kappa shape index (κ3) is 5.10. The molecule has 1 amide bonds. The molecular weight excluding hydrogens is 354 g/mol. The van der Waals surface area contributed by atoms with E-state index >= 15 is 0 Å². The summed E-state index contributed by atoms with van der Waals surface area (Å²) in [6.07, 6.45) is 1.28. The molecule has 0 aliphatic carbocycles. The highest BCUT2D eigenvalue weighted by molar-refractivity contribution is 6.30. The summed E-state index contributed by atoms with van der Waals surface area (Å²) in [6, 6.07) is 15.0. The molecule has 0 aliphatic rings. The highest BCUT2D eigenvalue weighted by Gasteiger charge is 2.16. The molecule has 0 aromatic heterocycles. The zero-order valence-corrected chi connectivity index (χ0v) is 14.7. The topological polar surface area (TPSA) is 91.2 Å². The van der Waals surface area contributed by atoms with Gasteiger partial charge in [-0.1, -0.05) is 23.7 Å². The number of benzene rings is 2. The molecule has 6 nitrogen and oxygen atoms in total. The van der Waals surface area contributed by atoms with E-state index < -0.39 is 11.9 Å². The number of hydrogen-bond acceptors (Lipinski definition) is 5. The Labute approximate surface area is 156 Å². The normalized spacial score (nSPS) is 10.6. The fourth-order valence-corrected chi connectivity index (χ4v) is 2.14. The maximum absolute atomic E-state index is 12.3. The quantitative estimate of drug-likeness (QED) is 0.456. The zero-order valence-electron chi connectivity index (χ0n) is 14.0. The Kier molecular flexibility index (Phi) is 6.77. The van der Waals surface area contributed by atoms with Gasteiger partial charge in [0.25, 0.3) is 5.91 Å². The summed E-state index contributed by atoms with van der Waals surface area (Å²) >= 11 is 5.81. The van der Waals surface area contributed by atoms with E-state index in [1.54, 1.807) is 49.4 Å². The smallest absolute Gasteiger partial charge is 0.340 e. The summed E-state index contributed by atoms with van der Waals surface area (Å²) in [6.45, 7) is 1.91. The molecule has 0 aliphatic heterocycles. The van der Waals surface area contributed by atoms with Crippen LogP contribution in [0.3, 0.4) is 0 Å². The molecule has 7 heteroatoms. The zero-order chi connectivity index (χ0) is 18.9. The molecule has 26 heavy (non-hydrogen) atoms. The second-order valence-corrected chi connectivity index (χ2v) is 5.48. The van der Waals surface area contributed by atoms with Crippen LogP contribution in [0.15, 0.2) is 60.3 Å². The van der Waals surface area contributed by atoms with Gasteiger partial charge in [-0.25, -0.2) is 4.79 Å². The first-order chi connectivity index (χ1) is 12.5. The lowest BCUT2D eigenvalue weighted by molar-refractivity contribution is -0.112. The molecule has 2 aromatic carbocycles. The molecule has 0 saturated carbocycles. The summed E-state index contributed by atoms with van der Waals surface area (Å²) in [5.74, 6) is -1.20. The van der Waals surface area contributed by atoms with Crippen LogP contribution in [0.4, 0.5) is 11.4 Å². The average Bonchev–Trinajstić information content (AvgIpc) is 2.64. The van der Waals surface area contributed by atoms with Crippen molar-refractivity contribution < 1.29 is 14.3 Å².